The largest absolute Gasteiger partial charge is 0.386 e. The van der Waals surface area contributed by atoms with Gasteiger partial charge in [0, 0.05) is 5.56 Å². The summed E-state index contributed by atoms with van der Waals surface area (Å²) in [5.74, 6) is -0.395. The van der Waals surface area contributed by atoms with Gasteiger partial charge in [-0.2, -0.15) is 0 Å². The molecule has 16 heavy (non-hydrogen) atoms. The van der Waals surface area contributed by atoms with Crippen LogP contribution in [0, 0.1) is 5.82 Å². The minimum Gasteiger partial charge on any atom is -0.386 e. The molecular weight excluding hydrogens is 207 g/mol. The van der Waals surface area contributed by atoms with Crippen molar-refractivity contribution in [1.82, 2.24) is 0 Å². The number of rotatable bonds is 5. The normalized spacial score (nSPS) is 13.8. The SMILES string of the molecule is CCC(C)(C)OCC(O)c1ccccc1F. The van der Waals surface area contributed by atoms with Crippen LogP contribution in [0.4, 0.5) is 4.39 Å². The molecule has 0 heterocycles. The maximum absolute atomic E-state index is 13.3. The van der Waals surface area contributed by atoms with E-state index < -0.39 is 11.9 Å². The number of aliphatic hydroxyl groups is 1. The molecule has 0 spiro atoms. The zero-order valence-electron chi connectivity index (χ0n) is 10.0. The van der Waals surface area contributed by atoms with Gasteiger partial charge in [0.25, 0.3) is 0 Å². The van der Waals surface area contributed by atoms with Crippen LogP contribution >= 0.6 is 0 Å². The lowest BCUT2D eigenvalue weighted by Gasteiger charge is -2.25. The fraction of sp³-hybridized carbons (Fsp3) is 0.538. The molecule has 0 radical (unpaired) electrons. The molecular formula is C13H19FO2. The number of ether oxygens (including phenoxy) is 1. The Morgan fingerprint density at radius 3 is 2.56 bits per heavy atom. The lowest BCUT2D eigenvalue weighted by atomic mass is 10.1. The molecule has 0 aliphatic heterocycles. The van der Waals surface area contributed by atoms with E-state index in [0.29, 0.717) is 0 Å². The third-order valence-corrected chi connectivity index (χ3v) is 2.75. The Morgan fingerprint density at radius 2 is 2.00 bits per heavy atom. The third-order valence-electron chi connectivity index (χ3n) is 2.75. The molecule has 0 fully saturated rings. The molecule has 0 bridgehead atoms. The Morgan fingerprint density at radius 1 is 1.38 bits per heavy atom. The van der Waals surface area contributed by atoms with E-state index in [0.717, 1.165) is 6.42 Å². The summed E-state index contributed by atoms with van der Waals surface area (Å²) in [5, 5.41) is 9.80. The van der Waals surface area contributed by atoms with Gasteiger partial charge in [0.1, 0.15) is 11.9 Å². The van der Waals surface area contributed by atoms with Gasteiger partial charge in [-0.3, -0.25) is 0 Å². The number of halogens is 1. The van der Waals surface area contributed by atoms with Gasteiger partial charge < -0.3 is 9.84 Å². The highest BCUT2D eigenvalue weighted by atomic mass is 19.1. The molecule has 0 amide bonds. The maximum Gasteiger partial charge on any atom is 0.129 e. The van der Waals surface area contributed by atoms with Gasteiger partial charge in [-0.1, -0.05) is 25.1 Å². The summed E-state index contributed by atoms with van der Waals surface area (Å²) >= 11 is 0. The lowest BCUT2D eigenvalue weighted by molar-refractivity contribution is -0.0625. The number of hydrogen-bond donors (Lipinski definition) is 1. The van der Waals surface area contributed by atoms with E-state index in [2.05, 4.69) is 0 Å². The fourth-order valence-electron chi connectivity index (χ4n) is 1.24. The topological polar surface area (TPSA) is 29.5 Å². The predicted molar refractivity (Wildman–Crippen MR) is 61.7 cm³/mol. The second-order valence-electron chi connectivity index (χ2n) is 4.46. The molecule has 0 aromatic heterocycles. The molecule has 1 unspecified atom stereocenters. The molecule has 1 atom stereocenters. The van der Waals surface area contributed by atoms with Crippen LogP contribution in [0.2, 0.25) is 0 Å². The standard InChI is InChI=1S/C13H19FO2/c1-4-13(2,3)16-9-12(15)10-7-5-6-8-11(10)14/h5-8,12,15H,4,9H2,1-3H3. The molecule has 0 aliphatic carbocycles. The Balaban J connectivity index is 2.60. The Labute approximate surface area is 96.1 Å². The van der Waals surface area contributed by atoms with Crippen molar-refractivity contribution >= 4 is 0 Å². The fourth-order valence-corrected chi connectivity index (χ4v) is 1.24. The number of benzene rings is 1. The van der Waals surface area contributed by atoms with Gasteiger partial charge >= 0.3 is 0 Å². The van der Waals surface area contributed by atoms with E-state index in [1.165, 1.54) is 6.07 Å². The van der Waals surface area contributed by atoms with Crippen LogP contribution in [-0.2, 0) is 4.74 Å². The van der Waals surface area contributed by atoms with E-state index in [1.54, 1.807) is 18.2 Å². The Kier molecular flexibility index (Phi) is 4.44. The highest BCUT2D eigenvalue weighted by Gasteiger charge is 2.19. The van der Waals surface area contributed by atoms with Crippen LogP contribution in [0.1, 0.15) is 38.9 Å². The average Bonchev–Trinajstić information content (AvgIpc) is 2.27. The summed E-state index contributed by atoms with van der Waals surface area (Å²) in [6.07, 6.45) is -0.0659. The van der Waals surface area contributed by atoms with Crippen molar-refractivity contribution in [2.75, 3.05) is 6.61 Å². The number of aliphatic hydroxyl groups excluding tert-OH is 1. The summed E-state index contributed by atoms with van der Waals surface area (Å²) in [5.41, 5.74) is 0.00100. The molecule has 1 N–H and O–H groups in total. The van der Waals surface area contributed by atoms with Gasteiger partial charge in [-0.15, -0.1) is 0 Å². The van der Waals surface area contributed by atoms with Gasteiger partial charge in [0.05, 0.1) is 12.2 Å². The summed E-state index contributed by atoms with van der Waals surface area (Å²) in [7, 11) is 0. The van der Waals surface area contributed by atoms with Crippen LogP contribution in [0.5, 0.6) is 0 Å². The minimum absolute atomic E-state index is 0.113. The average molecular weight is 226 g/mol. The van der Waals surface area contributed by atoms with Crippen LogP contribution in [0.3, 0.4) is 0 Å². The van der Waals surface area contributed by atoms with Crippen LogP contribution in [0.15, 0.2) is 24.3 Å². The zero-order valence-corrected chi connectivity index (χ0v) is 10.0. The molecule has 2 nitrogen and oxygen atoms in total. The second-order valence-corrected chi connectivity index (χ2v) is 4.46. The monoisotopic (exact) mass is 226 g/mol. The first-order chi connectivity index (χ1) is 7.46. The highest BCUT2D eigenvalue weighted by Crippen LogP contribution is 2.20. The molecule has 0 saturated heterocycles. The third kappa shape index (κ3) is 3.58. The molecule has 0 saturated carbocycles. The van der Waals surface area contributed by atoms with Gasteiger partial charge in [0.2, 0.25) is 0 Å². The van der Waals surface area contributed by atoms with Crippen LogP contribution in [0.25, 0.3) is 0 Å². The van der Waals surface area contributed by atoms with Crippen LogP contribution in [-0.4, -0.2) is 17.3 Å². The van der Waals surface area contributed by atoms with E-state index in [4.69, 9.17) is 4.74 Å². The summed E-state index contributed by atoms with van der Waals surface area (Å²) < 4.78 is 18.9. The first-order valence-electron chi connectivity index (χ1n) is 5.52. The first-order valence-corrected chi connectivity index (χ1v) is 5.52. The van der Waals surface area contributed by atoms with Crippen molar-refractivity contribution in [3.05, 3.63) is 35.6 Å². The second kappa shape index (κ2) is 5.41. The van der Waals surface area contributed by atoms with Crippen molar-refractivity contribution in [3.63, 3.8) is 0 Å². The zero-order chi connectivity index (χ0) is 12.2. The van der Waals surface area contributed by atoms with Crippen molar-refractivity contribution < 1.29 is 14.2 Å². The first kappa shape index (κ1) is 13.1. The van der Waals surface area contributed by atoms with E-state index in [-0.39, 0.29) is 17.8 Å². The van der Waals surface area contributed by atoms with E-state index >= 15 is 0 Å². The molecule has 1 aromatic rings. The maximum atomic E-state index is 13.3. The summed E-state index contributed by atoms with van der Waals surface area (Å²) in [4.78, 5) is 0. The van der Waals surface area contributed by atoms with Crippen LogP contribution < -0.4 is 0 Å². The predicted octanol–water partition coefficient (Wildman–Crippen LogP) is 3.06. The van der Waals surface area contributed by atoms with E-state index in [9.17, 15) is 9.50 Å². The highest BCUT2D eigenvalue weighted by molar-refractivity contribution is 5.19. The minimum atomic E-state index is -0.910. The molecule has 90 valence electrons. The molecule has 1 rings (SSSR count). The van der Waals surface area contributed by atoms with Crippen molar-refractivity contribution in [2.24, 2.45) is 0 Å². The van der Waals surface area contributed by atoms with Crippen molar-refractivity contribution in [1.29, 1.82) is 0 Å². The van der Waals surface area contributed by atoms with Crippen molar-refractivity contribution in [3.8, 4) is 0 Å². The lowest BCUT2D eigenvalue weighted by Crippen LogP contribution is -2.26. The summed E-state index contributed by atoms with van der Waals surface area (Å²) in [6.45, 7) is 6.01. The smallest absolute Gasteiger partial charge is 0.129 e. The van der Waals surface area contributed by atoms with E-state index in [1.807, 2.05) is 20.8 Å². The number of hydrogen-bond acceptors (Lipinski definition) is 2. The van der Waals surface area contributed by atoms with Gasteiger partial charge in [0.15, 0.2) is 0 Å². The molecule has 0 aliphatic rings. The van der Waals surface area contributed by atoms with Gasteiger partial charge in [-0.05, 0) is 26.3 Å². The Hall–Kier alpha value is -0.930. The van der Waals surface area contributed by atoms with Gasteiger partial charge in [-0.25, -0.2) is 4.39 Å². The quantitative estimate of drug-likeness (QED) is 0.836. The van der Waals surface area contributed by atoms with Crippen molar-refractivity contribution in [2.45, 2.75) is 38.9 Å². The Bertz CT molecular complexity index is 336. The molecule has 1 aromatic carbocycles. The summed E-state index contributed by atoms with van der Waals surface area (Å²) in [6, 6.07) is 6.21. The molecule has 3 heteroatoms.